The SMILES string of the molecule is COCCC(C(C)=S)/C(=C\C=O)c1cc2ccccc2n1C. The molecule has 0 aliphatic rings. The zero-order valence-electron chi connectivity index (χ0n) is 13.2. The van der Waals surface area contributed by atoms with Crippen molar-refractivity contribution in [3.8, 4) is 0 Å². The van der Waals surface area contributed by atoms with Crippen LogP contribution in [0, 0.1) is 5.92 Å². The molecule has 0 amide bonds. The number of rotatable bonds is 7. The number of allylic oxidation sites excluding steroid dienone is 2. The maximum absolute atomic E-state index is 11.2. The predicted octanol–water partition coefficient (Wildman–Crippen LogP) is 3.80. The summed E-state index contributed by atoms with van der Waals surface area (Å²) in [5.74, 6) is 0.0307. The van der Waals surface area contributed by atoms with Crippen molar-refractivity contribution in [1.29, 1.82) is 0 Å². The largest absolute Gasteiger partial charge is 0.385 e. The van der Waals surface area contributed by atoms with Crippen LogP contribution >= 0.6 is 12.2 Å². The molecule has 0 N–H and O–H groups in total. The highest BCUT2D eigenvalue weighted by atomic mass is 32.1. The summed E-state index contributed by atoms with van der Waals surface area (Å²) < 4.78 is 7.31. The van der Waals surface area contributed by atoms with Gasteiger partial charge in [0.2, 0.25) is 0 Å². The number of aryl methyl sites for hydroxylation is 1. The number of benzene rings is 1. The van der Waals surface area contributed by atoms with Crippen molar-refractivity contribution in [2.24, 2.45) is 13.0 Å². The first-order valence-electron chi connectivity index (χ1n) is 7.29. The van der Waals surface area contributed by atoms with Crippen LogP contribution in [0.1, 0.15) is 19.0 Å². The molecule has 1 aromatic carbocycles. The zero-order chi connectivity index (χ0) is 16.1. The molecule has 3 nitrogen and oxygen atoms in total. The Labute approximate surface area is 136 Å². The monoisotopic (exact) mass is 315 g/mol. The van der Waals surface area contributed by atoms with E-state index in [1.165, 1.54) is 0 Å². The van der Waals surface area contributed by atoms with Gasteiger partial charge in [-0.25, -0.2) is 0 Å². The third-order valence-electron chi connectivity index (χ3n) is 3.97. The Morgan fingerprint density at radius 2 is 2.14 bits per heavy atom. The molecule has 0 fully saturated rings. The second kappa shape index (κ2) is 7.47. The third-order valence-corrected chi connectivity index (χ3v) is 4.26. The lowest BCUT2D eigenvalue weighted by Crippen LogP contribution is -2.16. The van der Waals surface area contributed by atoms with Crippen LogP contribution in [0.2, 0.25) is 0 Å². The molecule has 0 bridgehead atoms. The van der Waals surface area contributed by atoms with Gasteiger partial charge in [-0.3, -0.25) is 4.79 Å². The number of thiocarbonyl (C=S) groups is 1. The fourth-order valence-electron chi connectivity index (χ4n) is 2.83. The minimum absolute atomic E-state index is 0.0307. The summed E-state index contributed by atoms with van der Waals surface area (Å²) in [5.41, 5.74) is 3.12. The van der Waals surface area contributed by atoms with Gasteiger partial charge in [0.25, 0.3) is 0 Å². The number of methoxy groups -OCH3 is 1. The minimum Gasteiger partial charge on any atom is -0.385 e. The number of aldehydes is 1. The number of ether oxygens (including phenoxy) is 1. The third kappa shape index (κ3) is 3.34. The van der Waals surface area contributed by atoms with E-state index < -0.39 is 0 Å². The van der Waals surface area contributed by atoms with Crippen LogP contribution in [-0.2, 0) is 16.6 Å². The van der Waals surface area contributed by atoms with Crippen LogP contribution in [0.5, 0.6) is 0 Å². The van der Waals surface area contributed by atoms with Gasteiger partial charge in [0.15, 0.2) is 0 Å². The van der Waals surface area contributed by atoms with Crippen molar-refractivity contribution in [2.75, 3.05) is 13.7 Å². The van der Waals surface area contributed by atoms with Crippen LogP contribution in [-0.4, -0.2) is 29.4 Å². The Hall–Kier alpha value is -1.78. The Kier molecular flexibility index (Phi) is 5.63. The molecule has 1 aromatic heterocycles. The lowest BCUT2D eigenvalue weighted by atomic mass is 9.90. The van der Waals surface area contributed by atoms with Gasteiger partial charge in [0.1, 0.15) is 6.29 Å². The van der Waals surface area contributed by atoms with Crippen LogP contribution in [0.15, 0.2) is 36.4 Å². The van der Waals surface area contributed by atoms with Crippen LogP contribution in [0.3, 0.4) is 0 Å². The number of hydrogen-bond donors (Lipinski definition) is 0. The molecule has 2 rings (SSSR count). The molecule has 4 heteroatoms. The minimum atomic E-state index is 0.0307. The highest BCUT2D eigenvalue weighted by Gasteiger charge is 2.21. The Morgan fingerprint density at radius 3 is 2.73 bits per heavy atom. The summed E-state index contributed by atoms with van der Waals surface area (Å²) >= 11 is 5.42. The average Bonchev–Trinajstić information content (AvgIpc) is 2.84. The van der Waals surface area contributed by atoms with Crippen molar-refractivity contribution >= 4 is 39.8 Å². The molecule has 22 heavy (non-hydrogen) atoms. The summed E-state index contributed by atoms with van der Waals surface area (Å²) in [4.78, 5) is 12.0. The van der Waals surface area contributed by atoms with Gasteiger partial charge in [0.05, 0.1) is 0 Å². The van der Waals surface area contributed by atoms with E-state index in [2.05, 4.69) is 22.8 Å². The van der Waals surface area contributed by atoms with Crippen molar-refractivity contribution in [1.82, 2.24) is 4.57 Å². The standard InChI is InChI=1S/C18H21NO2S/c1-13(22)15(9-11-21-3)16(8-10-20)18-12-14-6-4-5-7-17(14)19(18)2/h4-8,10,12,15H,9,11H2,1-3H3/b16-8+. The lowest BCUT2D eigenvalue weighted by Gasteiger charge is -2.20. The molecular weight excluding hydrogens is 294 g/mol. The molecule has 0 saturated heterocycles. The Bertz CT molecular complexity index is 715. The van der Waals surface area contributed by atoms with Gasteiger partial charge in [-0.2, -0.15) is 0 Å². The molecule has 1 unspecified atom stereocenters. The first-order chi connectivity index (χ1) is 10.6. The fraction of sp³-hybridized carbons (Fsp3) is 0.333. The predicted molar refractivity (Wildman–Crippen MR) is 95.2 cm³/mol. The summed E-state index contributed by atoms with van der Waals surface area (Å²) in [6.45, 7) is 2.54. The summed E-state index contributed by atoms with van der Waals surface area (Å²) in [5, 5.41) is 1.16. The van der Waals surface area contributed by atoms with E-state index in [0.717, 1.165) is 39.7 Å². The number of aromatic nitrogens is 1. The van der Waals surface area contributed by atoms with Crippen molar-refractivity contribution in [2.45, 2.75) is 13.3 Å². The van der Waals surface area contributed by atoms with Crippen LogP contribution in [0.25, 0.3) is 16.5 Å². The molecule has 0 saturated carbocycles. The number of hydrogen-bond acceptors (Lipinski definition) is 3. The van der Waals surface area contributed by atoms with Crippen molar-refractivity contribution < 1.29 is 9.53 Å². The van der Waals surface area contributed by atoms with E-state index in [1.54, 1.807) is 13.2 Å². The molecule has 116 valence electrons. The second-order valence-electron chi connectivity index (χ2n) is 5.35. The highest BCUT2D eigenvalue weighted by Crippen LogP contribution is 2.31. The molecule has 0 aliphatic heterocycles. The highest BCUT2D eigenvalue weighted by molar-refractivity contribution is 7.80. The summed E-state index contributed by atoms with van der Waals surface area (Å²) in [6, 6.07) is 10.3. The molecule has 0 spiro atoms. The molecule has 1 atom stereocenters. The Balaban J connectivity index is 2.54. The molecular formula is C18H21NO2S. The van der Waals surface area contributed by atoms with E-state index in [0.29, 0.717) is 6.61 Å². The average molecular weight is 315 g/mol. The quantitative estimate of drug-likeness (QED) is 0.442. The summed E-state index contributed by atoms with van der Waals surface area (Å²) in [7, 11) is 3.69. The van der Waals surface area contributed by atoms with Gasteiger partial charge >= 0.3 is 0 Å². The van der Waals surface area contributed by atoms with Gasteiger partial charge in [0, 0.05) is 43.3 Å². The van der Waals surface area contributed by atoms with Crippen LogP contribution in [0.4, 0.5) is 0 Å². The molecule has 0 radical (unpaired) electrons. The fourth-order valence-corrected chi connectivity index (χ4v) is 3.08. The van der Waals surface area contributed by atoms with E-state index in [1.807, 2.05) is 26.1 Å². The number of carbonyl (C=O) groups is 1. The number of para-hydroxylation sites is 1. The molecule has 1 heterocycles. The van der Waals surface area contributed by atoms with Crippen molar-refractivity contribution in [3.63, 3.8) is 0 Å². The zero-order valence-corrected chi connectivity index (χ0v) is 14.0. The topological polar surface area (TPSA) is 31.2 Å². The maximum atomic E-state index is 11.2. The van der Waals surface area contributed by atoms with Crippen LogP contribution < -0.4 is 0 Å². The maximum Gasteiger partial charge on any atom is 0.143 e. The number of nitrogens with zero attached hydrogens (tertiary/aromatic N) is 1. The van der Waals surface area contributed by atoms with Gasteiger partial charge < -0.3 is 9.30 Å². The number of fused-ring (bicyclic) bond motifs is 1. The molecule has 0 aliphatic carbocycles. The number of carbonyl (C=O) groups excluding carboxylic acids is 1. The van der Waals surface area contributed by atoms with E-state index in [-0.39, 0.29) is 5.92 Å². The lowest BCUT2D eigenvalue weighted by molar-refractivity contribution is -0.104. The van der Waals surface area contributed by atoms with E-state index in [4.69, 9.17) is 17.0 Å². The van der Waals surface area contributed by atoms with Crippen molar-refractivity contribution in [3.05, 3.63) is 42.1 Å². The molecule has 2 aromatic rings. The van der Waals surface area contributed by atoms with Gasteiger partial charge in [-0.05, 0) is 42.0 Å². The first kappa shape index (κ1) is 16.6. The van der Waals surface area contributed by atoms with Gasteiger partial charge in [-0.15, -0.1) is 0 Å². The first-order valence-corrected chi connectivity index (χ1v) is 7.70. The second-order valence-corrected chi connectivity index (χ2v) is 5.99. The normalized spacial score (nSPS) is 13.3. The summed E-state index contributed by atoms with van der Waals surface area (Å²) in [6.07, 6.45) is 3.24. The van der Waals surface area contributed by atoms with E-state index >= 15 is 0 Å². The Morgan fingerprint density at radius 1 is 1.41 bits per heavy atom. The smallest absolute Gasteiger partial charge is 0.143 e. The van der Waals surface area contributed by atoms with E-state index in [9.17, 15) is 4.79 Å². The van der Waals surface area contributed by atoms with Gasteiger partial charge in [-0.1, -0.05) is 30.4 Å².